The van der Waals surface area contributed by atoms with E-state index in [-0.39, 0.29) is 17.0 Å². The number of quaternary nitrogens is 1. The summed E-state index contributed by atoms with van der Waals surface area (Å²) >= 11 is 0. The van der Waals surface area contributed by atoms with E-state index in [0.717, 1.165) is 18.5 Å². The second-order valence-corrected chi connectivity index (χ2v) is 7.26. The van der Waals surface area contributed by atoms with Crippen molar-refractivity contribution in [2.45, 2.75) is 43.7 Å². The van der Waals surface area contributed by atoms with Crippen LogP contribution in [0.4, 0.5) is 10.5 Å². The first-order valence-corrected chi connectivity index (χ1v) is 8.11. The minimum atomic E-state index is -0.439. The van der Waals surface area contributed by atoms with Crippen molar-refractivity contribution in [1.82, 2.24) is 0 Å². The molecule has 3 aliphatic rings. The van der Waals surface area contributed by atoms with Crippen LogP contribution in [0.3, 0.4) is 0 Å². The minimum Gasteiger partial charge on any atom is -0.442 e. The maximum atomic E-state index is 12.1. The maximum Gasteiger partial charge on any atom is 0.411 e. The molecular formula is C17H23N2O4+. The van der Waals surface area contributed by atoms with Crippen molar-refractivity contribution in [1.29, 1.82) is 0 Å². The van der Waals surface area contributed by atoms with E-state index in [1.807, 2.05) is 30.3 Å². The molecule has 23 heavy (non-hydrogen) atoms. The van der Waals surface area contributed by atoms with Crippen LogP contribution in [-0.2, 0) is 14.2 Å². The Morgan fingerprint density at radius 1 is 1.17 bits per heavy atom. The summed E-state index contributed by atoms with van der Waals surface area (Å²) in [7, 11) is 0. The van der Waals surface area contributed by atoms with Gasteiger partial charge in [-0.05, 0) is 12.1 Å². The lowest BCUT2D eigenvalue weighted by Gasteiger charge is -2.34. The van der Waals surface area contributed by atoms with Gasteiger partial charge in [0.25, 0.3) is 0 Å². The number of nitrogens with one attached hydrogen (secondary N) is 2. The molecule has 3 aliphatic heterocycles. The molecule has 2 unspecified atom stereocenters. The molecule has 3 saturated heterocycles. The third-order valence-corrected chi connectivity index (χ3v) is 5.50. The molecule has 4 rings (SSSR count). The van der Waals surface area contributed by atoms with Crippen molar-refractivity contribution >= 4 is 11.8 Å². The monoisotopic (exact) mass is 319 g/mol. The Bertz CT molecular complexity index is 600. The number of rotatable bonds is 3. The van der Waals surface area contributed by atoms with Gasteiger partial charge in [-0.2, -0.15) is 0 Å². The standard InChI is InChI=1S/C17H22N2O4/c1-15-8-9-16(2)19(15)17(11-22-15,12-23-16)10-21-14(20)18-13-6-4-3-5-7-13/h3-7H,8-12H2,1-2H3,(H,18,20)/p+1/t15-,16+,17?. The van der Waals surface area contributed by atoms with Gasteiger partial charge in [0.1, 0.15) is 13.2 Å². The quantitative estimate of drug-likeness (QED) is 0.877. The van der Waals surface area contributed by atoms with Crippen LogP contribution in [0.15, 0.2) is 30.3 Å². The number of hydrogen-bond donors (Lipinski definition) is 2. The van der Waals surface area contributed by atoms with Crippen LogP contribution < -0.4 is 10.2 Å². The van der Waals surface area contributed by atoms with Crippen LogP contribution in [0.2, 0.25) is 0 Å². The Morgan fingerprint density at radius 3 is 2.39 bits per heavy atom. The summed E-state index contributed by atoms with van der Waals surface area (Å²) in [6, 6.07) is 9.30. The summed E-state index contributed by atoms with van der Waals surface area (Å²) in [5.74, 6) is 0. The maximum absolute atomic E-state index is 12.1. The highest BCUT2D eigenvalue weighted by Gasteiger charge is 2.74. The van der Waals surface area contributed by atoms with E-state index >= 15 is 0 Å². The molecular weight excluding hydrogens is 296 g/mol. The van der Waals surface area contributed by atoms with Gasteiger partial charge >= 0.3 is 6.09 Å². The first-order valence-electron chi connectivity index (χ1n) is 8.11. The third-order valence-electron chi connectivity index (χ3n) is 5.50. The van der Waals surface area contributed by atoms with Crippen LogP contribution in [0.1, 0.15) is 26.7 Å². The second-order valence-electron chi connectivity index (χ2n) is 7.26. The van der Waals surface area contributed by atoms with Gasteiger partial charge in [0.2, 0.25) is 11.4 Å². The smallest absolute Gasteiger partial charge is 0.411 e. The largest absolute Gasteiger partial charge is 0.442 e. The zero-order chi connectivity index (χ0) is 16.1. The molecule has 6 heteroatoms. The molecule has 0 radical (unpaired) electrons. The lowest BCUT2D eigenvalue weighted by molar-refractivity contribution is -1.02. The molecule has 2 N–H and O–H groups in total. The number of anilines is 1. The van der Waals surface area contributed by atoms with E-state index in [2.05, 4.69) is 19.2 Å². The lowest BCUT2D eigenvalue weighted by atomic mass is 10.0. The van der Waals surface area contributed by atoms with E-state index in [0.29, 0.717) is 19.8 Å². The molecule has 0 aromatic heterocycles. The molecule has 6 nitrogen and oxygen atoms in total. The number of carbonyl (C=O) groups is 1. The molecule has 0 spiro atoms. The molecule has 1 aromatic carbocycles. The number of amides is 1. The van der Waals surface area contributed by atoms with Crippen LogP contribution in [-0.4, -0.2) is 42.9 Å². The molecule has 0 aliphatic carbocycles. The van der Waals surface area contributed by atoms with Crippen molar-refractivity contribution in [3.05, 3.63) is 30.3 Å². The first kappa shape index (κ1) is 14.9. The average Bonchev–Trinajstić information content (AvgIpc) is 3.11. The lowest BCUT2D eigenvalue weighted by Crippen LogP contribution is -3.27. The fourth-order valence-corrected chi connectivity index (χ4v) is 4.51. The SMILES string of the molecule is C[C@]12CC[C@]3(C)OCC(COC(=O)Nc4ccccc4)(CO1)[NH+]23. The summed E-state index contributed by atoms with van der Waals surface area (Å²) in [5, 5.41) is 2.75. The van der Waals surface area contributed by atoms with Gasteiger partial charge in [-0.1, -0.05) is 18.2 Å². The normalized spacial score (nSPS) is 40.9. The predicted molar refractivity (Wildman–Crippen MR) is 83.1 cm³/mol. The van der Waals surface area contributed by atoms with Crippen LogP contribution in [0, 0.1) is 0 Å². The van der Waals surface area contributed by atoms with Gasteiger partial charge in [-0.15, -0.1) is 0 Å². The summed E-state index contributed by atoms with van der Waals surface area (Å²) in [6.07, 6.45) is 1.50. The molecule has 1 amide bonds. The zero-order valence-electron chi connectivity index (χ0n) is 13.6. The number of carbonyl (C=O) groups excluding carboxylic acids is 1. The molecule has 1 aromatic rings. The molecule has 4 atom stereocenters. The number of benzene rings is 1. The second kappa shape index (κ2) is 4.93. The summed E-state index contributed by atoms with van der Waals surface area (Å²) in [6.45, 7) is 5.69. The molecule has 0 bridgehead atoms. The molecule has 3 heterocycles. The van der Waals surface area contributed by atoms with E-state index in [1.165, 1.54) is 4.90 Å². The van der Waals surface area contributed by atoms with Gasteiger partial charge in [0, 0.05) is 32.4 Å². The average molecular weight is 319 g/mol. The van der Waals surface area contributed by atoms with Gasteiger partial charge in [-0.3, -0.25) is 10.2 Å². The molecule has 0 saturated carbocycles. The van der Waals surface area contributed by atoms with Crippen LogP contribution >= 0.6 is 0 Å². The van der Waals surface area contributed by atoms with Gasteiger partial charge in [0.05, 0.1) is 0 Å². The summed E-state index contributed by atoms with van der Waals surface area (Å²) < 4.78 is 17.7. The van der Waals surface area contributed by atoms with Gasteiger partial charge in [0.15, 0.2) is 12.1 Å². The van der Waals surface area contributed by atoms with E-state index in [1.54, 1.807) is 0 Å². The highest BCUT2D eigenvalue weighted by atomic mass is 16.6. The molecule has 124 valence electrons. The molecule has 3 fully saturated rings. The van der Waals surface area contributed by atoms with Crippen LogP contribution in [0.5, 0.6) is 0 Å². The highest BCUT2D eigenvalue weighted by molar-refractivity contribution is 5.84. The first-order chi connectivity index (χ1) is 11.0. The Morgan fingerprint density at radius 2 is 1.78 bits per heavy atom. The van der Waals surface area contributed by atoms with E-state index in [9.17, 15) is 4.79 Å². The van der Waals surface area contributed by atoms with Crippen molar-refractivity contribution in [2.24, 2.45) is 0 Å². The minimum absolute atomic E-state index is 0.232. The fourth-order valence-electron chi connectivity index (χ4n) is 4.51. The Balaban J connectivity index is 1.44. The summed E-state index contributed by atoms with van der Waals surface area (Å²) in [5.41, 5.74) is -0.0354. The van der Waals surface area contributed by atoms with Crippen molar-refractivity contribution in [3.8, 4) is 0 Å². The van der Waals surface area contributed by atoms with E-state index < -0.39 is 6.09 Å². The van der Waals surface area contributed by atoms with Crippen molar-refractivity contribution < 1.29 is 23.9 Å². The predicted octanol–water partition coefficient (Wildman–Crippen LogP) is 1.15. The van der Waals surface area contributed by atoms with Gasteiger partial charge in [-0.25, -0.2) is 4.79 Å². The Hall–Kier alpha value is -1.63. The van der Waals surface area contributed by atoms with Crippen molar-refractivity contribution in [3.63, 3.8) is 0 Å². The fraction of sp³-hybridized carbons (Fsp3) is 0.588. The van der Waals surface area contributed by atoms with Crippen molar-refractivity contribution in [2.75, 3.05) is 25.1 Å². The van der Waals surface area contributed by atoms with Gasteiger partial charge < -0.3 is 14.2 Å². The topological polar surface area (TPSA) is 61.2 Å². The number of para-hydroxylation sites is 1. The third kappa shape index (κ3) is 2.24. The Labute approximate surface area is 135 Å². The zero-order valence-corrected chi connectivity index (χ0v) is 13.6. The summed E-state index contributed by atoms with van der Waals surface area (Å²) in [4.78, 5) is 13.4. The number of ether oxygens (including phenoxy) is 3. The number of hydrogen-bond acceptors (Lipinski definition) is 4. The van der Waals surface area contributed by atoms with E-state index in [4.69, 9.17) is 14.2 Å². The Kier molecular flexibility index (Phi) is 3.20. The van der Waals surface area contributed by atoms with Crippen LogP contribution in [0.25, 0.3) is 0 Å². The highest BCUT2D eigenvalue weighted by Crippen LogP contribution is 2.39.